The van der Waals surface area contributed by atoms with E-state index in [2.05, 4.69) is 11.8 Å². The predicted octanol–water partition coefficient (Wildman–Crippen LogP) is 3.42. The fourth-order valence-corrected chi connectivity index (χ4v) is 2.53. The zero-order valence-electron chi connectivity index (χ0n) is 14.3. The summed E-state index contributed by atoms with van der Waals surface area (Å²) in [5.74, 6) is 0.532. The highest BCUT2D eigenvalue weighted by molar-refractivity contribution is 5.87. The molecule has 0 radical (unpaired) electrons. The molecule has 0 aromatic heterocycles. The van der Waals surface area contributed by atoms with Gasteiger partial charge in [0.1, 0.15) is 0 Å². The van der Waals surface area contributed by atoms with Gasteiger partial charge >= 0.3 is 5.97 Å². The van der Waals surface area contributed by atoms with Crippen LogP contribution in [0.2, 0.25) is 0 Å². The van der Waals surface area contributed by atoms with Gasteiger partial charge in [-0.15, -0.1) is 0 Å². The summed E-state index contributed by atoms with van der Waals surface area (Å²) in [7, 11) is 3.25. The van der Waals surface area contributed by atoms with E-state index in [0.717, 1.165) is 36.5 Å². The molecule has 24 heavy (non-hydrogen) atoms. The molecule has 0 aliphatic rings. The number of benzene rings is 2. The molecule has 0 bridgehead atoms. The van der Waals surface area contributed by atoms with Gasteiger partial charge in [0, 0.05) is 13.1 Å². The Hall–Kier alpha value is -2.53. The minimum atomic E-state index is -0.903. The topological polar surface area (TPSA) is 59.0 Å². The van der Waals surface area contributed by atoms with Crippen LogP contribution in [0.4, 0.5) is 0 Å². The molecule has 0 aliphatic carbocycles. The molecule has 0 saturated carbocycles. The van der Waals surface area contributed by atoms with E-state index in [1.807, 2.05) is 30.3 Å². The maximum atomic E-state index is 10.9. The van der Waals surface area contributed by atoms with Crippen LogP contribution < -0.4 is 9.47 Å². The van der Waals surface area contributed by atoms with Crippen molar-refractivity contribution in [2.24, 2.45) is 0 Å². The van der Waals surface area contributed by atoms with Crippen molar-refractivity contribution in [3.05, 3.63) is 59.2 Å². The van der Waals surface area contributed by atoms with E-state index in [0.29, 0.717) is 11.3 Å². The predicted molar refractivity (Wildman–Crippen MR) is 92.7 cm³/mol. The second-order valence-corrected chi connectivity index (χ2v) is 5.49. The number of hydrogen-bond acceptors (Lipinski definition) is 4. The lowest BCUT2D eigenvalue weighted by Crippen LogP contribution is -2.22. The molecular formula is C19H23NO4. The van der Waals surface area contributed by atoms with Crippen molar-refractivity contribution in [3.8, 4) is 11.5 Å². The van der Waals surface area contributed by atoms with E-state index < -0.39 is 5.97 Å². The van der Waals surface area contributed by atoms with E-state index in [9.17, 15) is 4.79 Å². The molecule has 0 amide bonds. The van der Waals surface area contributed by atoms with Crippen molar-refractivity contribution in [1.82, 2.24) is 4.90 Å². The summed E-state index contributed by atoms with van der Waals surface area (Å²) < 4.78 is 10.6. The van der Waals surface area contributed by atoms with Gasteiger partial charge in [0.05, 0.1) is 19.8 Å². The zero-order chi connectivity index (χ0) is 17.5. The molecule has 0 heterocycles. The minimum absolute atomic E-state index is 0.307. The number of carbonyl (C=O) groups is 1. The van der Waals surface area contributed by atoms with Crippen molar-refractivity contribution < 1.29 is 19.4 Å². The van der Waals surface area contributed by atoms with Crippen molar-refractivity contribution in [2.45, 2.75) is 20.0 Å². The van der Waals surface area contributed by atoms with Crippen LogP contribution >= 0.6 is 0 Å². The lowest BCUT2D eigenvalue weighted by Gasteiger charge is -2.21. The number of hydrogen-bond donors (Lipinski definition) is 1. The summed E-state index contributed by atoms with van der Waals surface area (Å²) in [6, 6.07) is 12.9. The average molecular weight is 329 g/mol. The van der Waals surface area contributed by atoms with Crippen LogP contribution in [0.1, 0.15) is 28.4 Å². The van der Waals surface area contributed by atoms with Gasteiger partial charge in [0.2, 0.25) is 0 Å². The van der Waals surface area contributed by atoms with Gasteiger partial charge in [-0.2, -0.15) is 0 Å². The lowest BCUT2D eigenvalue weighted by molar-refractivity contribution is 0.0697. The van der Waals surface area contributed by atoms with Crippen LogP contribution in [0.25, 0.3) is 0 Å². The molecule has 0 atom stereocenters. The van der Waals surface area contributed by atoms with E-state index >= 15 is 0 Å². The maximum Gasteiger partial charge on any atom is 0.335 e. The molecule has 0 aliphatic heterocycles. The fraction of sp³-hybridized carbons (Fsp3) is 0.316. The van der Waals surface area contributed by atoms with Gasteiger partial charge in [-0.3, -0.25) is 4.90 Å². The van der Waals surface area contributed by atoms with Gasteiger partial charge in [-0.1, -0.05) is 25.1 Å². The van der Waals surface area contributed by atoms with Gasteiger partial charge in [0.25, 0.3) is 0 Å². The maximum absolute atomic E-state index is 10.9. The van der Waals surface area contributed by atoms with Crippen LogP contribution in [-0.2, 0) is 13.1 Å². The van der Waals surface area contributed by atoms with Crippen LogP contribution in [-0.4, -0.2) is 36.7 Å². The van der Waals surface area contributed by atoms with Crippen LogP contribution in [0.3, 0.4) is 0 Å². The summed E-state index contributed by atoms with van der Waals surface area (Å²) in [5.41, 5.74) is 2.53. The molecular weight excluding hydrogens is 306 g/mol. The summed E-state index contributed by atoms with van der Waals surface area (Å²) in [6.07, 6.45) is 0. The fourth-order valence-electron chi connectivity index (χ4n) is 2.53. The van der Waals surface area contributed by atoms with E-state index in [1.54, 1.807) is 26.4 Å². The Morgan fingerprint density at radius 1 is 0.958 bits per heavy atom. The number of ether oxygens (including phenoxy) is 2. The third-order valence-electron chi connectivity index (χ3n) is 3.91. The third-order valence-corrected chi connectivity index (χ3v) is 3.91. The molecule has 0 unspecified atom stereocenters. The highest BCUT2D eigenvalue weighted by Gasteiger charge is 2.09. The molecule has 0 saturated heterocycles. The first-order chi connectivity index (χ1) is 11.6. The van der Waals surface area contributed by atoms with Crippen LogP contribution in [0, 0.1) is 0 Å². The van der Waals surface area contributed by atoms with Crippen molar-refractivity contribution in [2.75, 3.05) is 20.8 Å². The molecule has 2 aromatic rings. The number of carboxylic acids is 1. The molecule has 0 fully saturated rings. The van der Waals surface area contributed by atoms with Gasteiger partial charge < -0.3 is 14.6 Å². The van der Waals surface area contributed by atoms with Crippen molar-refractivity contribution in [1.29, 1.82) is 0 Å². The number of rotatable bonds is 8. The Bertz CT molecular complexity index is 682. The monoisotopic (exact) mass is 329 g/mol. The number of carboxylic acid groups (broad SMARTS) is 1. The second kappa shape index (κ2) is 8.36. The Kier molecular flexibility index (Phi) is 6.21. The summed E-state index contributed by atoms with van der Waals surface area (Å²) >= 11 is 0. The lowest BCUT2D eigenvalue weighted by atomic mass is 10.1. The molecule has 1 N–H and O–H groups in total. The Morgan fingerprint density at radius 2 is 1.54 bits per heavy atom. The van der Waals surface area contributed by atoms with Crippen molar-refractivity contribution in [3.63, 3.8) is 0 Å². The third kappa shape index (κ3) is 4.49. The SMILES string of the molecule is CCN(Cc1ccc(C(=O)O)cc1)Cc1ccc(OC)c(OC)c1. The molecule has 128 valence electrons. The summed E-state index contributed by atoms with van der Waals surface area (Å²) in [5, 5.41) is 8.96. The minimum Gasteiger partial charge on any atom is -0.493 e. The summed E-state index contributed by atoms with van der Waals surface area (Å²) in [6.45, 7) is 4.52. The number of methoxy groups -OCH3 is 2. The average Bonchev–Trinajstić information content (AvgIpc) is 2.61. The number of nitrogens with zero attached hydrogens (tertiary/aromatic N) is 1. The Labute approximate surface area is 142 Å². The Morgan fingerprint density at radius 3 is 2.08 bits per heavy atom. The first-order valence-electron chi connectivity index (χ1n) is 7.82. The second-order valence-electron chi connectivity index (χ2n) is 5.49. The largest absolute Gasteiger partial charge is 0.493 e. The van der Waals surface area contributed by atoms with Gasteiger partial charge in [0.15, 0.2) is 11.5 Å². The molecule has 5 nitrogen and oxygen atoms in total. The number of aromatic carboxylic acids is 1. The van der Waals surface area contributed by atoms with Crippen LogP contribution in [0.15, 0.2) is 42.5 Å². The smallest absolute Gasteiger partial charge is 0.335 e. The normalized spacial score (nSPS) is 10.7. The quantitative estimate of drug-likeness (QED) is 0.804. The summed E-state index contributed by atoms with van der Waals surface area (Å²) in [4.78, 5) is 13.2. The highest BCUT2D eigenvalue weighted by atomic mass is 16.5. The standard InChI is InChI=1S/C19H23NO4/c1-4-20(12-14-5-8-16(9-6-14)19(21)22)13-15-7-10-17(23-2)18(11-15)24-3/h5-11H,4,12-13H2,1-3H3,(H,21,22). The van der Waals surface area contributed by atoms with E-state index in [4.69, 9.17) is 14.6 Å². The van der Waals surface area contributed by atoms with Crippen LogP contribution in [0.5, 0.6) is 11.5 Å². The Balaban J connectivity index is 2.07. The molecule has 2 aromatic carbocycles. The highest BCUT2D eigenvalue weighted by Crippen LogP contribution is 2.28. The first kappa shape index (κ1) is 17.8. The van der Waals surface area contributed by atoms with Gasteiger partial charge in [-0.25, -0.2) is 4.79 Å². The van der Waals surface area contributed by atoms with Crippen molar-refractivity contribution >= 4 is 5.97 Å². The molecule has 0 spiro atoms. The zero-order valence-corrected chi connectivity index (χ0v) is 14.3. The first-order valence-corrected chi connectivity index (χ1v) is 7.82. The van der Waals surface area contributed by atoms with E-state index in [1.165, 1.54) is 0 Å². The van der Waals surface area contributed by atoms with Gasteiger partial charge in [-0.05, 0) is 41.9 Å². The molecule has 5 heteroatoms. The molecule has 2 rings (SSSR count). The van der Waals surface area contributed by atoms with E-state index in [-0.39, 0.29) is 0 Å².